The minimum atomic E-state index is 0.609. The summed E-state index contributed by atoms with van der Waals surface area (Å²) >= 11 is 0. The standard InChI is InChI=1S/C17H30N4/c1-14(20(2)16-8-9-16)12-18-13-15-10-11-21(19-15)17-6-4-3-5-7-17/h10-11,14,16-18H,3-9,12-13H2,1-2H3. The molecule has 21 heavy (non-hydrogen) atoms. The van der Waals surface area contributed by atoms with Crippen LogP contribution in [0.15, 0.2) is 12.3 Å². The summed E-state index contributed by atoms with van der Waals surface area (Å²) in [6, 6.07) is 4.27. The Bertz CT molecular complexity index is 432. The Morgan fingerprint density at radius 3 is 2.76 bits per heavy atom. The van der Waals surface area contributed by atoms with E-state index in [-0.39, 0.29) is 0 Å². The van der Waals surface area contributed by atoms with Crippen LogP contribution in [0.2, 0.25) is 0 Å². The zero-order valence-electron chi connectivity index (χ0n) is 13.6. The highest BCUT2D eigenvalue weighted by Gasteiger charge is 2.28. The third kappa shape index (κ3) is 4.07. The van der Waals surface area contributed by atoms with Crippen LogP contribution in [0.3, 0.4) is 0 Å². The maximum absolute atomic E-state index is 4.76. The van der Waals surface area contributed by atoms with Gasteiger partial charge < -0.3 is 5.32 Å². The van der Waals surface area contributed by atoms with Crippen molar-refractivity contribution in [3.8, 4) is 0 Å². The fourth-order valence-corrected chi connectivity index (χ4v) is 3.42. The van der Waals surface area contributed by atoms with Gasteiger partial charge in [-0.05, 0) is 45.7 Å². The summed E-state index contributed by atoms with van der Waals surface area (Å²) in [6.07, 6.45) is 11.7. The van der Waals surface area contributed by atoms with E-state index in [9.17, 15) is 0 Å². The Labute approximate surface area is 128 Å². The summed E-state index contributed by atoms with van der Waals surface area (Å²) in [6.45, 7) is 4.25. The fraction of sp³-hybridized carbons (Fsp3) is 0.824. The first-order valence-electron chi connectivity index (χ1n) is 8.70. The predicted molar refractivity (Wildman–Crippen MR) is 86.3 cm³/mol. The van der Waals surface area contributed by atoms with E-state index in [1.165, 1.54) is 50.6 Å². The van der Waals surface area contributed by atoms with E-state index < -0.39 is 0 Å². The average molecular weight is 290 g/mol. The molecule has 1 aromatic rings. The number of aromatic nitrogens is 2. The summed E-state index contributed by atoms with van der Waals surface area (Å²) in [7, 11) is 2.25. The number of likely N-dealkylation sites (N-methyl/N-ethyl adjacent to an activating group) is 1. The van der Waals surface area contributed by atoms with E-state index in [4.69, 9.17) is 5.10 Å². The molecule has 2 saturated carbocycles. The molecule has 4 nitrogen and oxygen atoms in total. The predicted octanol–water partition coefficient (Wildman–Crippen LogP) is 2.96. The molecule has 1 aromatic heterocycles. The Balaban J connectivity index is 1.41. The molecular formula is C17H30N4. The zero-order valence-corrected chi connectivity index (χ0v) is 13.6. The third-order valence-corrected chi connectivity index (χ3v) is 5.18. The van der Waals surface area contributed by atoms with Crippen molar-refractivity contribution in [1.82, 2.24) is 20.0 Å². The second kappa shape index (κ2) is 6.93. The molecule has 0 aromatic carbocycles. The normalized spacial score (nSPS) is 21.9. The highest BCUT2D eigenvalue weighted by Crippen LogP contribution is 2.28. The molecule has 3 rings (SSSR count). The smallest absolute Gasteiger partial charge is 0.0762 e. The Morgan fingerprint density at radius 1 is 1.29 bits per heavy atom. The summed E-state index contributed by atoms with van der Waals surface area (Å²) in [5.41, 5.74) is 1.18. The highest BCUT2D eigenvalue weighted by atomic mass is 15.3. The number of hydrogen-bond donors (Lipinski definition) is 1. The number of hydrogen-bond acceptors (Lipinski definition) is 3. The molecule has 2 aliphatic carbocycles. The van der Waals surface area contributed by atoms with Gasteiger partial charge in [0.05, 0.1) is 11.7 Å². The molecule has 2 aliphatic rings. The summed E-state index contributed by atoms with van der Waals surface area (Å²) in [4.78, 5) is 2.51. The van der Waals surface area contributed by atoms with Gasteiger partial charge in [-0.2, -0.15) is 5.10 Å². The van der Waals surface area contributed by atoms with Crippen LogP contribution in [0.1, 0.15) is 63.6 Å². The van der Waals surface area contributed by atoms with Crippen LogP contribution in [0.4, 0.5) is 0 Å². The van der Waals surface area contributed by atoms with Crippen molar-refractivity contribution in [1.29, 1.82) is 0 Å². The van der Waals surface area contributed by atoms with E-state index in [0.717, 1.165) is 19.1 Å². The van der Waals surface area contributed by atoms with Crippen LogP contribution in [-0.2, 0) is 6.54 Å². The van der Waals surface area contributed by atoms with Crippen LogP contribution in [0, 0.1) is 0 Å². The monoisotopic (exact) mass is 290 g/mol. The lowest BCUT2D eigenvalue weighted by molar-refractivity contribution is 0.240. The molecule has 0 radical (unpaired) electrons. The molecule has 0 amide bonds. The van der Waals surface area contributed by atoms with Gasteiger partial charge in [0.15, 0.2) is 0 Å². The molecule has 0 aliphatic heterocycles. The van der Waals surface area contributed by atoms with Crippen LogP contribution in [0.5, 0.6) is 0 Å². The van der Waals surface area contributed by atoms with Crippen molar-refractivity contribution in [3.63, 3.8) is 0 Å². The van der Waals surface area contributed by atoms with E-state index in [1.807, 2.05) is 0 Å². The van der Waals surface area contributed by atoms with Gasteiger partial charge in [0.2, 0.25) is 0 Å². The lowest BCUT2D eigenvalue weighted by atomic mass is 9.96. The van der Waals surface area contributed by atoms with Crippen molar-refractivity contribution in [2.24, 2.45) is 0 Å². The number of rotatable bonds is 7. The SMILES string of the molecule is CC(CNCc1ccn(C2CCCCC2)n1)N(C)C1CC1. The molecule has 0 bridgehead atoms. The lowest BCUT2D eigenvalue weighted by Gasteiger charge is -2.24. The maximum atomic E-state index is 4.76. The molecule has 1 heterocycles. The molecule has 2 fully saturated rings. The third-order valence-electron chi connectivity index (χ3n) is 5.18. The molecule has 0 saturated heterocycles. The van der Waals surface area contributed by atoms with Gasteiger partial charge >= 0.3 is 0 Å². The Hall–Kier alpha value is -0.870. The largest absolute Gasteiger partial charge is 0.310 e. The minimum absolute atomic E-state index is 0.609. The lowest BCUT2D eigenvalue weighted by Crippen LogP contribution is -2.39. The topological polar surface area (TPSA) is 33.1 Å². The van der Waals surface area contributed by atoms with Crippen molar-refractivity contribution in [2.75, 3.05) is 13.6 Å². The quantitative estimate of drug-likeness (QED) is 0.838. The molecule has 118 valence electrons. The van der Waals surface area contributed by atoms with Crippen LogP contribution < -0.4 is 5.32 Å². The number of nitrogens with zero attached hydrogens (tertiary/aromatic N) is 3. The Kier molecular flexibility index (Phi) is 4.96. The van der Waals surface area contributed by atoms with Gasteiger partial charge in [-0.15, -0.1) is 0 Å². The first-order valence-corrected chi connectivity index (χ1v) is 8.70. The summed E-state index contributed by atoms with van der Waals surface area (Å²) in [5, 5.41) is 8.33. The first kappa shape index (κ1) is 15.0. The molecule has 4 heteroatoms. The van der Waals surface area contributed by atoms with Gasteiger partial charge in [0, 0.05) is 31.4 Å². The molecule has 1 atom stereocenters. The van der Waals surface area contributed by atoms with Crippen LogP contribution in [-0.4, -0.2) is 40.4 Å². The van der Waals surface area contributed by atoms with Gasteiger partial charge in [-0.1, -0.05) is 19.3 Å². The van der Waals surface area contributed by atoms with Gasteiger partial charge in [-0.3, -0.25) is 9.58 Å². The van der Waals surface area contributed by atoms with Crippen LogP contribution in [0.25, 0.3) is 0 Å². The van der Waals surface area contributed by atoms with E-state index >= 15 is 0 Å². The average Bonchev–Trinajstić information content (AvgIpc) is 3.26. The van der Waals surface area contributed by atoms with E-state index in [2.05, 4.69) is 41.1 Å². The minimum Gasteiger partial charge on any atom is -0.310 e. The van der Waals surface area contributed by atoms with Crippen molar-refractivity contribution in [3.05, 3.63) is 18.0 Å². The number of nitrogens with one attached hydrogen (secondary N) is 1. The molecule has 1 N–H and O–H groups in total. The maximum Gasteiger partial charge on any atom is 0.0762 e. The summed E-state index contributed by atoms with van der Waals surface area (Å²) in [5.74, 6) is 0. The summed E-state index contributed by atoms with van der Waals surface area (Å²) < 4.78 is 2.20. The Morgan fingerprint density at radius 2 is 2.05 bits per heavy atom. The highest BCUT2D eigenvalue weighted by molar-refractivity contribution is 5.00. The van der Waals surface area contributed by atoms with Crippen LogP contribution >= 0.6 is 0 Å². The van der Waals surface area contributed by atoms with Crippen molar-refractivity contribution in [2.45, 2.75) is 76.5 Å². The second-order valence-corrected chi connectivity index (χ2v) is 6.96. The van der Waals surface area contributed by atoms with Crippen molar-refractivity contribution < 1.29 is 0 Å². The van der Waals surface area contributed by atoms with E-state index in [0.29, 0.717) is 12.1 Å². The van der Waals surface area contributed by atoms with E-state index in [1.54, 1.807) is 0 Å². The molecule has 0 spiro atoms. The zero-order chi connectivity index (χ0) is 14.7. The first-order chi connectivity index (χ1) is 10.2. The second-order valence-electron chi connectivity index (χ2n) is 6.96. The fourth-order valence-electron chi connectivity index (χ4n) is 3.42. The van der Waals surface area contributed by atoms with Gasteiger partial charge in [0.25, 0.3) is 0 Å². The van der Waals surface area contributed by atoms with Crippen molar-refractivity contribution >= 4 is 0 Å². The van der Waals surface area contributed by atoms with Gasteiger partial charge in [0.1, 0.15) is 0 Å². The molecule has 1 unspecified atom stereocenters. The molecular weight excluding hydrogens is 260 g/mol. The van der Waals surface area contributed by atoms with Gasteiger partial charge in [-0.25, -0.2) is 0 Å².